The van der Waals surface area contributed by atoms with E-state index >= 15 is 0 Å². The molecule has 0 atom stereocenters. The fourth-order valence-electron chi connectivity index (χ4n) is 1.76. The Bertz CT molecular complexity index is 602. The Hall–Kier alpha value is -1.74. The molecule has 16 heavy (non-hydrogen) atoms. The highest BCUT2D eigenvalue weighted by Crippen LogP contribution is 2.18. The van der Waals surface area contributed by atoms with E-state index in [0.717, 1.165) is 17.3 Å². The molecule has 0 amide bonds. The molecule has 0 N–H and O–H groups in total. The zero-order valence-electron chi connectivity index (χ0n) is 8.63. The van der Waals surface area contributed by atoms with Crippen LogP contribution >= 0.6 is 11.3 Å². The van der Waals surface area contributed by atoms with Crippen LogP contribution in [0.4, 0.5) is 0 Å². The molecular weight excluding hydrogens is 216 g/mol. The third-order valence-corrected chi connectivity index (χ3v) is 3.40. The van der Waals surface area contributed by atoms with Crippen LogP contribution in [0, 0.1) is 0 Å². The molecule has 3 rings (SSSR count). The lowest BCUT2D eigenvalue weighted by atomic mass is 10.1. The van der Waals surface area contributed by atoms with Gasteiger partial charge in [0.2, 0.25) is 0 Å². The monoisotopic (exact) mass is 226 g/mol. The number of thiophene rings is 1. The summed E-state index contributed by atoms with van der Waals surface area (Å²) in [6.45, 7) is 0. The van der Waals surface area contributed by atoms with Gasteiger partial charge in [0.15, 0.2) is 0 Å². The van der Waals surface area contributed by atoms with Crippen molar-refractivity contribution >= 4 is 22.2 Å². The first-order valence-electron chi connectivity index (χ1n) is 5.13. The lowest BCUT2D eigenvalue weighted by Crippen LogP contribution is -1.86. The maximum absolute atomic E-state index is 4.21. The van der Waals surface area contributed by atoms with Crippen molar-refractivity contribution in [3.63, 3.8) is 0 Å². The summed E-state index contributed by atoms with van der Waals surface area (Å²) in [5, 5.41) is 3.22. The van der Waals surface area contributed by atoms with Crippen LogP contribution in [0.15, 0.2) is 48.2 Å². The molecule has 1 aromatic carbocycles. The van der Waals surface area contributed by atoms with Crippen LogP contribution in [-0.2, 0) is 6.42 Å². The van der Waals surface area contributed by atoms with Gasteiger partial charge in [-0.15, -0.1) is 11.3 Å². The van der Waals surface area contributed by atoms with Gasteiger partial charge < -0.3 is 0 Å². The molecule has 0 radical (unpaired) electrons. The van der Waals surface area contributed by atoms with E-state index in [1.165, 1.54) is 10.4 Å². The van der Waals surface area contributed by atoms with Gasteiger partial charge in [0.25, 0.3) is 0 Å². The first-order valence-corrected chi connectivity index (χ1v) is 6.01. The SMILES string of the molecule is c1csc(Cc2ccc3ncncc3c2)c1. The van der Waals surface area contributed by atoms with E-state index in [-0.39, 0.29) is 0 Å². The van der Waals surface area contributed by atoms with E-state index in [4.69, 9.17) is 0 Å². The summed E-state index contributed by atoms with van der Waals surface area (Å²) in [6.07, 6.45) is 4.43. The fourth-order valence-corrected chi connectivity index (χ4v) is 2.50. The lowest BCUT2D eigenvalue weighted by Gasteiger charge is -2.01. The molecule has 0 unspecified atom stereocenters. The average molecular weight is 226 g/mol. The van der Waals surface area contributed by atoms with Crippen LogP contribution in [0.3, 0.4) is 0 Å². The molecule has 0 saturated carbocycles. The van der Waals surface area contributed by atoms with Crippen molar-refractivity contribution in [2.24, 2.45) is 0 Å². The summed E-state index contributed by atoms with van der Waals surface area (Å²) in [6, 6.07) is 10.6. The van der Waals surface area contributed by atoms with Crippen LogP contribution in [0.2, 0.25) is 0 Å². The summed E-state index contributed by atoms with van der Waals surface area (Å²) in [4.78, 5) is 9.64. The molecule has 0 aliphatic rings. The van der Waals surface area contributed by atoms with Crippen LogP contribution < -0.4 is 0 Å². The van der Waals surface area contributed by atoms with Gasteiger partial charge in [-0.2, -0.15) is 0 Å². The Kier molecular flexibility index (Phi) is 2.38. The van der Waals surface area contributed by atoms with E-state index in [9.17, 15) is 0 Å². The minimum absolute atomic E-state index is 0.989. The predicted octanol–water partition coefficient (Wildman–Crippen LogP) is 3.28. The molecule has 78 valence electrons. The largest absolute Gasteiger partial charge is 0.244 e. The number of aromatic nitrogens is 2. The van der Waals surface area contributed by atoms with E-state index < -0.39 is 0 Å². The van der Waals surface area contributed by atoms with Gasteiger partial charge >= 0.3 is 0 Å². The highest BCUT2D eigenvalue weighted by atomic mass is 32.1. The van der Waals surface area contributed by atoms with Gasteiger partial charge in [-0.3, -0.25) is 0 Å². The summed E-state index contributed by atoms with van der Waals surface area (Å²) in [5.74, 6) is 0. The molecule has 2 heterocycles. The molecule has 0 aliphatic carbocycles. The van der Waals surface area contributed by atoms with Crippen molar-refractivity contribution < 1.29 is 0 Å². The maximum atomic E-state index is 4.21. The number of fused-ring (bicyclic) bond motifs is 1. The minimum atomic E-state index is 0.989. The molecule has 0 fully saturated rings. The second-order valence-electron chi connectivity index (χ2n) is 3.67. The van der Waals surface area contributed by atoms with Crippen molar-refractivity contribution in [1.82, 2.24) is 9.97 Å². The summed E-state index contributed by atoms with van der Waals surface area (Å²) in [7, 11) is 0. The summed E-state index contributed by atoms with van der Waals surface area (Å²) in [5.41, 5.74) is 2.31. The van der Waals surface area contributed by atoms with Crippen molar-refractivity contribution in [3.05, 3.63) is 58.7 Å². The second-order valence-corrected chi connectivity index (χ2v) is 4.70. The predicted molar refractivity (Wildman–Crippen MR) is 66.7 cm³/mol. The first-order chi connectivity index (χ1) is 7.92. The number of rotatable bonds is 2. The van der Waals surface area contributed by atoms with Crippen molar-refractivity contribution in [2.45, 2.75) is 6.42 Å². The minimum Gasteiger partial charge on any atom is -0.244 e. The van der Waals surface area contributed by atoms with E-state index in [0.29, 0.717) is 0 Å². The van der Waals surface area contributed by atoms with Gasteiger partial charge in [0, 0.05) is 22.9 Å². The molecular formula is C13H10N2S. The molecule has 3 heteroatoms. The first kappa shape index (κ1) is 9.48. The summed E-state index contributed by atoms with van der Waals surface area (Å²) < 4.78 is 0. The molecule has 0 bridgehead atoms. The van der Waals surface area contributed by atoms with Crippen molar-refractivity contribution in [1.29, 1.82) is 0 Å². The normalized spacial score (nSPS) is 10.8. The van der Waals surface area contributed by atoms with Crippen LogP contribution in [-0.4, -0.2) is 9.97 Å². The van der Waals surface area contributed by atoms with Gasteiger partial charge in [-0.05, 0) is 29.1 Å². The van der Waals surface area contributed by atoms with Crippen LogP contribution in [0.25, 0.3) is 10.9 Å². The van der Waals surface area contributed by atoms with Gasteiger partial charge in [0.05, 0.1) is 5.52 Å². The fraction of sp³-hybridized carbons (Fsp3) is 0.0769. The molecule has 0 saturated heterocycles. The summed E-state index contributed by atoms with van der Waals surface area (Å²) >= 11 is 1.79. The third-order valence-electron chi connectivity index (χ3n) is 2.53. The number of benzene rings is 1. The third kappa shape index (κ3) is 1.82. The van der Waals surface area contributed by atoms with Crippen LogP contribution in [0.1, 0.15) is 10.4 Å². The maximum Gasteiger partial charge on any atom is 0.116 e. The number of hydrogen-bond donors (Lipinski definition) is 0. The Morgan fingerprint density at radius 1 is 1.19 bits per heavy atom. The van der Waals surface area contributed by atoms with E-state index in [1.54, 1.807) is 17.7 Å². The molecule has 0 aliphatic heterocycles. The van der Waals surface area contributed by atoms with Crippen molar-refractivity contribution in [3.8, 4) is 0 Å². The zero-order valence-corrected chi connectivity index (χ0v) is 9.45. The van der Waals surface area contributed by atoms with Gasteiger partial charge in [0.1, 0.15) is 6.33 Å². The highest BCUT2D eigenvalue weighted by molar-refractivity contribution is 7.09. The average Bonchev–Trinajstić information content (AvgIpc) is 2.82. The lowest BCUT2D eigenvalue weighted by molar-refractivity contribution is 1.20. The van der Waals surface area contributed by atoms with Gasteiger partial charge in [-0.1, -0.05) is 12.1 Å². The number of nitrogens with zero attached hydrogens (tertiary/aromatic N) is 2. The van der Waals surface area contributed by atoms with Crippen LogP contribution in [0.5, 0.6) is 0 Å². The smallest absolute Gasteiger partial charge is 0.116 e. The zero-order chi connectivity index (χ0) is 10.8. The van der Waals surface area contributed by atoms with E-state index in [2.05, 4.69) is 45.7 Å². The standard InChI is InChI=1S/C13H10N2S/c1-2-12(16-5-1)7-10-3-4-13-11(6-10)8-14-9-15-13/h1-6,8-9H,7H2. The second kappa shape index (κ2) is 4.02. The topological polar surface area (TPSA) is 25.8 Å². The van der Waals surface area contributed by atoms with Crippen molar-refractivity contribution in [2.75, 3.05) is 0 Å². The Balaban J connectivity index is 1.99. The molecule has 0 spiro atoms. The highest BCUT2D eigenvalue weighted by Gasteiger charge is 1.99. The van der Waals surface area contributed by atoms with E-state index in [1.807, 2.05) is 6.20 Å². The molecule has 2 nitrogen and oxygen atoms in total. The molecule has 3 aromatic rings. The molecule has 2 aromatic heterocycles. The quantitative estimate of drug-likeness (QED) is 0.670. The Morgan fingerprint density at radius 2 is 2.19 bits per heavy atom. The number of hydrogen-bond acceptors (Lipinski definition) is 3. The Labute approximate surface area is 97.6 Å². The van der Waals surface area contributed by atoms with Gasteiger partial charge in [-0.25, -0.2) is 9.97 Å². The Morgan fingerprint density at radius 3 is 3.06 bits per heavy atom.